The predicted molar refractivity (Wildman–Crippen MR) is 108 cm³/mol. The normalized spacial score (nSPS) is 18.4. The van der Waals surface area contributed by atoms with Crippen molar-refractivity contribution in [3.05, 3.63) is 35.4 Å². The molecule has 2 aliphatic rings. The maximum Gasteiger partial charge on any atom is 0.161 e. The molecule has 1 aromatic carbocycles. The van der Waals surface area contributed by atoms with Crippen LogP contribution in [0.15, 0.2) is 18.2 Å². The fraction of sp³-hybridized carbons (Fsp3) is 0.619. The number of hydrogen-bond acceptors (Lipinski definition) is 6. The molecule has 4 rings (SSSR count). The smallest absolute Gasteiger partial charge is 0.161 e. The van der Waals surface area contributed by atoms with Crippen LogP contribution in [-0.2, 0) is 20.0 Å². The maximum atomic E-state index is 5.73. The van der Waals surface area contributed by atoms with Crippen molar-refractivity contribution in [2.75, 3.05) is 33.4 Å². The first-order valence-corrected chi connectivity index (χ1v) is 10.3. The van der Waals surface area contributed by atoms with Crippen LogP contribution in [0.2, 0.25) is 0 Å². The molecule has 0 bridgehead atoms. The Balaban J connectivity index is 1.41. The summed E-state index contributed by atoms with van der Waals surface area (Å²) in [5, 5.41) is 12.4. The molecule has 2 aliphatic heterocycles. The zero-order chi connectivity index (χ0) is 19.5. The van der Waals surface area contributed by atoms with E-state index >= 15 is 0 Å². The molecule has 28 heavy (non-hydrogen) atoms. The number of aromatic nitrogens is 3. The molecule has 1 atom stereocenters. The van der Waals surface area contributed by atoms with E-state index in [4.69, 9.17) is 9.47 Å². The molecule has 0 saturated carbocycles. The number of piperidine rings is 1. The molecule has 1 unspecified atom stereocenters. The summed E-state index contributed by atoms with van der Waals surface area (Å²) in [6, 6.07) is 6.46. The van der Waals surface area contributed by atoms with Crippen LogP contribution in [-0.4, -0.2) is 53.0 Å². The minimum absolute atomic E-state index is 0.236. The van der Waals surface area contributed by atoms with Crippen LogP contribution >= 0.6 is 0 Å². The lowest BCUT2D eigenvalue weighted by atomic mass is 9.94. The Kier molecular flexibility index (Phi) is 5.82. The molecular formula is C21H31N5O2. The topological polar surface area (TPSA) is 64.4 Å². The van der Waals surface area contributed by atoms with Gasteiger partial charge < -0.3 is 19.4 Å². The molecule has 1 fully saturated rings. The Morgan fingerprint density at radius 3 is 2.64 bits per heavy atom. The minimum Gasteiger partial charge on any atom is -0.486 e. The van der Waals surface area contributed by atoms with Crippen LogP contribution in [0.4, 0.5) is 0 Å². The van der Waals surface area contributed by atoms with Crippen LogP contribution < -0.4 is 14.8 Å². The van der Waals surface area contributed by atoms with Gasteiger partial charge in [-0.05, 0) is 63.5 Å². The lowest BCUT2D eigenvalue weighted by Gasteiger charge is -2.26. The van der Waals surface area contributed by atoms with Crippen LogP contribution in [0.1, 0.15) is 43.0 Å². The third kappa shape index (κ3) is 4.15. The lowest BCUT2D eigenvalue weighted by Crippen LogP contribution is -2.29. The van der Waals surface area contributed by atoms with Gasteiger partial charge in [-0.2, -0.15) is 0 Å². The summed E-state index contributed by atoms with van der Waals surface area (Å²) in [4.78, 5) is 2.30. The molecule has 0 radical (unpaired) electrons. The summed E-state index contributed by atoms with van der Waals surface area (Å²) in [5.74, 6) is 4.50. The fourth-order valence-corrected chi connectivity index (χ4v) is 3.99. The van der Waals surface area contributed by atoms with Gasteiger partial charge in [-0.15, -0.1) is 10.2 Å². The number of rotatable bonds is 6. The Morgan fingerprint density at radius 2 is 1.86 bits per heavy atom. The van der Waals surface area contributed by atoms with Gasteiger partial charge in [-0.3, -0.25) is 4.90 Å². The van der Waals surface area contributed by atoms with Crippen molar-refractivity contribution in [3.63, 3.8) is 0 Å². The van der Waals surface area contributed by atoms with E-state index in [2.05, 4.69) is 58.1 Å². The van der Waals surface area contributed by atoms with Crippen LogP contribution in [0.3, 0.4) is 0 Å². The standard InChI is InChI=1S/C21H31N5O2/c1-15(17-4-5-18-19(13-17)28-11-10-27-18)25(2)14-21-24-23-20(26(21)3)12-16-6-8-22-9-7-16/h4-5,13,15-16,22H,6-12,14H2,1-3H3. The predicted octanol–water partition coefficient (Wildman–Crippen LogP) is 2.32. The average molecular weight is 386 g/mol. The third-order valence-electron chi connectivity index (χ3n) is 6.09. The Morgan fingerprint density at radius 1 is 1.14 bits per heavy atom. The van der Waals surface area contributed by atoms with E-state index in [1.54, 1.807) is 0 Å². The number of nitrogens with zero attached hydrogens (tertiary/aromatic N) is 4. The molecule has 0 aliphatic carbocycles. The second-order valence-corrected chi connectivity index (χ2v) is 7.98. The molecule has 7 heteroatoms. The first-order valence-electron chi connectivity index (χ1n) is 10.3. The van der Waals surface area contributed by atoms with Crippen molar-refractivity contribution in [3.8, 4) is 11.5 Å². The quantitative estimate of drug-likeness (QED) is 0.823. The number of nitrogens with one attached hydrogen (secondary N) is 1. The highest BCUT2D eigenvalue weighted by Crippen LogP contribution is 2.34. The summed E-state index contributed by atoms with van der Waals surface area (Å²) >= 11 is 0. The Labute approximate surface area is 167 Å². The van der Waals surface area contributed by atoms with Crippen LogP contribution in [0, 0.1) is 5.92 Å². The van der Waals surface area contributed by atoms with Crippen molar-refractivity contribution < 1.29 is 9.47 Å². The van der Waals surface area contributed by atoms with Crippen molar-refractivity contribution in [2.24, 2.45) is 13.0 Å². The number of ether oxygens (including phenoxy) is 2. The molecule has 1 saturated heterocycles. The summed E-state index contributed by atoms with van der Waals surface area (Å²) in [7, 11) is 4.22. The van der Waals surface area contributed by atoms with Crippen molar-refractivity contribution in [1.29, 1.82) is 0 Å². The number of hydrogen-bond donors (Lipinski definition) is 1. The van der Waals surface area contributed by atoms with E-state index in [0.717, 1.165) is 49.2 Å². The summed E-state index contributed by atoms with van der Waals surface area (Å²) in [6.45, 7) is 6.42. The lowest BCUT2D eigenvalue weighted by molar-refractivity contribution is 0.170. The zero-order valence-corrected chi connectivity index (χ0v) is 17.1. The molecule has 1 aromatic heterocycles. The molecule has 152 valence electrons. The van der Waals surface area contributed by atoms with Crippen molar-refractivity contribution in [1.82, 2.24) is 25.0 Å². The fourth-order valence-electron chi connectivity index (χ4n) is 3.99. The van der Waals surface area contributed by atoms with E-state index < -0.39 is 0 Å². The van der Waals surface area contributed by atoms with Gasteiger partial charge in [0.25, 0.3) is 0 Å². The van der Waals surface area contributed by atoms with Crippen LogP contribution in [0.5, 0.6) is 11.5 Å². The highest BCUT2D eigenvalue weighted by Gasteiger charge is 2.21. The molecule has 0 amide bonds. The van der Waals surface area contributed by atoms with Gasteiger partial charge >= 0.3 is 0 Å². The van der Waals surface area contributed by atoms with Gasteiger partial charge in [0.05, 0.1) is 6.54 Å². The van der Waals surface area contributed by atoms with Gasteiger partial charge in [0, 0.05) is 19.5 Å². The first kappa shape index (κ1) is 19.2. The molecule has 7 nitrogen and oxygen atoms in total. The van der Waals surface area contributed by atoms with E-state index in [-0.39, 0.29) is 6.04 Å². The third-order valence-corrected chi connectivity index (χ3v) is 6.09. The zero-order valence-electron chi connectivity index (χ0n) is 17.1. The maximum absolute atomic E-state index is 5.73. The number of fused-ring (bicyclic) bond motifs is 1. The summed E-state index contributed by atoms with van der Waals surface area (Å²) in [6.07, 6.45) is 3.47. The summed E-state index contributed by atoms with van der Waals surface area (Å²) < 4.78 is 13.5. The van der Waals surface area contributed by atoms with E-state index in [0.29, 0.717) is 19.1 Å². The highest BCUT2D eigenvalue weighted by molar-refractivity contribution is 5.44. The van der Waals surface area contributed by atoms with Gasteiger partial charge in [0.2, 0.25) is 0 Å². The molecule has 3 heterocycles. The van der Waals surface area contributed by atoms with Gasteiger partial charge in [0.1, 0.15) is 24.9 Å². The second kappa shape index (κ2) is 8.49. The molecule has 0 spiro atoms. The molecular weight excluding hydrogens is 354 g/mol. The van der Waals surface area contributed by atoms with E-state index in [9.17, 15) is 0 Å². The van der Waals surface area contributed by atoms with Gasteiger partial charge in [0.15, 0.2) is 11.5 Å². The van der Waals surface area contributed by atoms with Gasteiger partial charge in [-0.1, -0.05) is 6.07 Å². The highest BCUT2D eigenvalue weighted by atomic mass is 16.6. The summed E-state index contributed by atoms with van der Waals surface area (Å²) in [5.41, 5.74) is 1.21. The molecule has 1 N–H and O–H groups in total. The van der Waals surface area contributed by atoms with Gasteiger partial charge in [-0.25, -0.2) is 0 Å². The second-order valence-electron chi connectivity index (χ2n) is 7.98. The average Bonchev–Trinajstić information content (AvgIpc) is 3.07. The Hall–Kier alpha value is -2.12. The van der Waals surface area contributed by atoms with E-state index in [1.165, 1.54) is 18.4 Å². The SMILES string of the molecule is CC(c1ccc2c(c1)OCCO2)N(C)Cc1nnc(CC2CCNCC2)n1C. The molecule has 2 aromatic rings. The van der Waals surface area contributed by atoms with Crippen molar-refractivity contribution in [2.45, 2.75) is 38.8 Å². The van der Waals surface area contributed by atoms with Crippen molar-refractivity contribution >= 4 is 0 Å². The minimum atomic E-state index is 0.236. The Bertz CT molecular complexity index is 800. The largest absolute Gasteiger partial charge is 0.486 e. The first-order chi connectivity index (χ1) is 13.6. The van der Waals surface area contributed by atoms with E-state index in [1.807, 2.05) is 6.07 Å². The van der Waals surface area contributed by atoms with Crippen LogP contribution in [0.25, 0.3) is 0 Å². The number of benzene rings is 1. The monoisotopic (exact) mass is 385 g/mol.